The summed E-state index contributed by atoms with van der Waals surface area (Å²) in [6, 6.07) is 5.96. The first kappa shape index (κ1) is 20.8. The lowest BCUT2D eigenvalue weighted by molar-refractivity contribution is -0.116. The van der Waals surface area contributed by atoms with Gasteiger partial charge in [0, 0.05) is 30.2 Å². The minimum absolute atomic E-state index is 0.000564. The molecule has 152 valence electrons. The molecule has 3 rings (SSSR count). The second kappa shape index (κ2) is 9.49. The second-order valence-corrected chi connectivity index (χ2v) is 7.87. The van der Waals surface area contributed by atoms with E-state index in [1.165, 1.54) is 16.2 Å². The first-order chi connectivity index (χ1) is 14.0. The van der Waals surface area contributed by atoms with E-state index in [0.717, 1.165) is 16.0 Å². The normalized spacial score (nSPS) is 13.9. The molecule has 0 saturated carbocycles. The van der Waals surface area contributed by atoms with Crippen molar-refractivity contribution in [2.75, 3.05) is 25.1 Å². The number of nitrogens with one attached hydrogen (secondary N) is 1. The Morgan fingerprint density at radius 1 is 1.52 bits per heavy atom. The summed E-state index contributed by atoms with van der Waals surface area (Å²) >= 11 is 1.32. The zero-order chi connectivity index (χ0) is 20.8. The lowest BCUT2D eigenvalue weighted by atomic mass is 9.99. The third kappa shape index (κ3) is 4.91. The van der Waals surface area contributed by atoms with Crippen LogP contribution in [0.25, 0.3) is 0 Å². The van der Waals surface area contributed by atoms with Crippen molar-refractivity contribution >= 4 is 28.3 Å². The van der Waals surface area contributed by atoms with Gasteiger partial charge in [0.2, 0.25) is 5.91 Å². The van der Waals surface area contributed by atoms with Gasteiger partial charge in [0.15, 0.2) is 0 Å². The molecule has 0 fully saturated rings. The number of nitrogens with zero attached hydrogens (tertiary/aromatic N) is 3. The largest absolute Gasteiger partial charge is 0.447 e. The average Bonchev–Trinajstić information content (AvgIpc) is 3.08. The molecule has 0 saturated heterocycles. The standard InChI is InChI=1S/C20H22N4O4S/c1-13(14-3-2-5-22-11-14)9-18(26)23-19-16(10-21)15-4-6-24(12-17(15)29-19)20(27)28-8-7-25/h2-3,5,11,13,25H,4,6-9,12H2,1H3,(H,23,26)/t13-/m0/s1. The summed E-state index contributed by atoms with van der Waals surface area (Å²) in [6.45, 7) is 2.43. The Balaban J connectivity index is 1.68. The molecule has 2 amide bonds. The van der Waals surface area contributed by atoms with Crippen molar-refractivity contribution in [3.05, 3.63) is 46.1 Å². The van der Waals surface area contributed by atoms with Crippen LogP contribution in [0.3, 0.4) is 0 Å². The van der Waals surface area contributed by atoms with Crippen LogP contribution >= 0.6 is 11.3 Å². The highest BCUT2D eigenvalue weighted by Gasteiger charge is 2.28. The molecule has 0 radical (unpaired) electrons. The summed E-state index contributed by atoms with van der Waals surface area (Å²) in [5, 5.41) is 21.8. The van der Waals surface area contributed by atoms with E-state index >= 15 is 0 Å². The predicted molar refractivity (Wildman–Crippen MR) is 107 cm³/mol. The summed E-state index contributed by atoms with van der Waals surface area (Å²) < 4.78 is 4.96. The Kier molecular flexibility index (Phi) is 6.80. The van der Waals surface area contributed by atoms with Gasteiger partial charge < -0.3 is 20.1 Å². The summed E-state index contributed by atoms with van der Waals surface area (Å²) in [7, 11) is 0. The fourth-order valence-electron chi connectivity index (χ4n) is 3.23. The number of fused-ring (bicyclic) bond motifs is 1. The quantitative estimate of drug-likeness (QED) is 0.751. The van der Waals surface area contributed by atoms with E-state index in [1.807, 2.05) is 19.1 Å². The Bertz CT molecular complexity index is 923. The van der Waals surface area contributed by atoms with Crippen molar-refractivity contribution in [2.24, 2.45) is 0 Å². The molecule has 0 unspecified atom stereocenters. The number of carbonyl (C=O) groups excluding carboxylic acids is 2. The van der Waals surface area contributed by atoms with Crippen LogP contribution in [0.15, 0.2) is 24.5 Å². The predicted octanol–water partition coefficient (Wildman–Crippen LogP) is 2.63. The number of aliphatic hydroxyl groups excluding tert-OH is 1. The van der Waals surface area contributed by atoms with Crippen molar-refractivity contribution in [1.82, 2.24) is 9.88 Å². The van der Waals surface area contributed by atoms with Crippen LogP contribution in [0.1, 0.15) is 40.8 Å². The third-order valence-corrected chi connectivity index (χ3v) is 5.87. The SMILES string of the molecule is C[C@@H](CC(=O)Nc1sc2c(c1C#N)CCN(C(=O)OCCO)C2)c1cccnc1. The van der Waals surface area contributed by atoms with E-state index in [2.05, 4.69) is 16.4 Å². The molecular formula is C20H22N4O4S. The molecule has 1 aliphatic heterocycles. The molecule has 8 nitrogen and oxygen atoms in total. The topological polar surface area (TPSA) is 116 Å². The molecule has 29 heavy (non-hydrogen) atoms. The summed E-state index contributed by atoms with van der Waals surface area (Å²) in [5.41, 5.74) is 2.32. The summed E-state index contributed by atoms with van der Waals surface area (Å²) in [6.07, 6.45) is 3.73. The van der Waals surface area contributed by atoms with Crippen molar-refractivity contribution in [2.45, 2.75) is 32.2 Å². The monoisotopic (exact) mass is 414 g/mol. The van der Waals surface area contributed by atoms with Crippen LogP contribution in [-0.4, -0.2) is 46.7 Å². The van der Waals surface area contributed by atoms with E-state index in [1.54, 1.807) is 12.4 Å². The van der Waals surface area contributed by atoms with E-state index in [4.69, 9.17) is 9.84 Å². The number of aromatic nitrogens is 1. The Morgan fingerprint density at radius 2 is 2.34 bits per heavy atom. The lowest BCUT2D eigenvalue weighted by Gasteiger charge is -2.26. The maximum atomic E-state index is 12.5. The number of hydrogen-bond donors (Lipinski definition) is 2. The zero-order valence-electron chi connectivity index (χ0n) is 16.1. The van der Waals surface area contributed by atoms with Crippen LogP contribution in [0.4, 0.5) is 9.80 Å². The van der Waals surface area contributed by atoms with Crippen LogP contribution < -0.4 is 5.32 Å². The average molecular weight is 414 g/mol. The number of pyridine rings is 1. The number of nitriles is 1. The molecule has 0 aromatic carbocycles. The van der Waals surface area contributed by atoms with Gasteiger partial charge in [0.05, 0.1) is 18.7 Å². The molecule has 2 aromatic heterocycles. The maximum absolute atomic E-state index is 12.5. The maximum Gasteiger partial charge on any atom is 0.410 e. The number of anilines is 1. The van der Waals surface area contributed by atoms with Gasteiger partial charge in [-0.15, -0.1) is 11.3 Å². The Morgan fingerprint density at radius 3 is 3.03 bits per heavy atom. The second-order valence-electron chi connectivity index (χ2n) is 6.77. The molecule has 0 spiro atoms. The van der Waals surface area contributed by atoms with Gasteiger partial charge in [-0.1, -0.05) is 13.0 Å². The molecule has 0 aliphatic carbocycles. The number of carbonyl (C=O) groups is 2. The van der Waals surface area contributed by atoms with Crippen molar-refractivity contribution < 1.29 is 19.4 Å². The third-order valence-electron chi connectivity index (χ3n) is 4.74. The van der Waals surface area contributed by atoms with Gasteiger partial charge in [0.1, 0.15) is 17.7 Å². The Labute approximate surface area is 172 Å². The van der Waals surface area contributed by atoms with Crippen LogP contribution in [0.5, 0.6) is 0 Å². The highest BCUT2D eigenvalue weighted by molar-refractivity contribution is 7.16. The first-order valence-electron chi connectivity index (χ1n) is 9.30. The van der Waals surface area contributed by atoms with Crippen LogP contribution in [-0.2, 0) is 22.5 Å². The molecule has 2 N–H and O–H groups in total. The fraction of sp³-hybridized carbons (Fsp3) is 0.400. The molecular weight excluding hydrogens is 392 g/mol. The van der Waals surface area contributed by atoms with E-state index < -0.39 is 6.09 Å². The number of amides is 2. The van der Waals surface area contributed by atoms with Crippen molar-refractivity contribution in [3.63, 3.8) is 0 Å². The van der Waals surface area contributed by atoms with Gasteiger partial charge in [0.25, 0.3) is 0 Å². The number of hydrogen-bond acceptors (Lipinski definition) is 7. The van der Waals surface area contributed by atoms with Crippen molar-refractivity contribution in [1.29, 1.82) is 5.26 Å². The number of rotatable bonds is 6. The summed E-state index contributed by atoms with van der Waals surface area (Å²) in [5.74, 6) is -0.170. The minimum Gasteiger partial charge on any atom is -0.447 e. The van der Waals surface area contributed by atoms with Gasteiger partial charge in [-0.25, -0.2) is 4.79 Å². The lowest BCUT2D eigenvalue weighted by Crippen LogP contribution is -2.36. The molecule has 3 heterocycles. The van der Waals surface area contributed by atoms with Crippen molar-refractivity contribution in [3.8, 4) is 6.07 Å². The molecule has 1 atom stereocenters. The molecule has 9 heteroatoms. The smallest absolute Gasteiger partial charge is 0.410 e. The molecule has 1 aliphatic rings. The first-order valence-corrected chi connectivity index (χ1v) is 10.1. The Hall–Kier alpha value is -2.96. The van der Waals surface area contributed by atoms with Crippen LogP contribution in [0.2, 0.25) is 0 Å². The van der Waals surface area contributed by atoms with E-state index in [9.17, 15) is 14.9 Å². The van der Waals surface area contributed by atoms with E-state index in [0.29, 0.717) is 30.1 Å². The van der Waals surface area contributed by atoms with E-state index in [-0.39, 0.29) is 31.5 Å². The van der Waals surface area contributed by atoms with Gasteiger partial charge in [-0.3, -0.25) is 9.78 Å². The highest BCUT2D eigenvalue weighted by atomic mass is 32.1. The van der Waals surface area contributed by atoms with Gasteiger partial charge in [-0.05, 0) is 29.5 Å². The van der Waals surface area contributed by atoms with Gasteiger partial charge in [-0.2, -0.15) is 5.26 Å². The number of ether oxygens (including phenoxy) is 1. The molecule has 2 aromatic rings. The minimum atomic E-state index is -0.493. The summed E-state index contributed by atoms with van der Waals surface area (Å²) in [4.78, 5) is 31.0. The highest BCUT2D eigenvalue weighted by Crippen LogP contribution is 2.37. The molecule has 0 bridgehead atoms. The number of aliphatic hydroxyl groups is 1. The van der Waals surface area contributed by atoms with Crippen LogP contribution in [0, 0.1) is 11.3 Å². The fourth-order valence-corrected chi connectivity index (χ4v) is 4.46. The van der Waals surface area contributed by atoms with Gasteiger partial charge >= 0.3 is 6.09 Å². The zero-order valence-corrected chi connectivity index (χ0v) is 16.9. The number of thiophene rings is 1.